The van der Waals surface area contributed by atoms with Crippen LogP contribution in [0.1, 0.15) is 5.76 Å². The average molecular weight is 472 g/mol. The van der Waals surface area contributed by atoms with Crippen molar-refractivity contribution in [1.82, 2.24) is 4.90 Å². The molecule has 0 atom stereocenters. The maximum absolute atomic E-state index is 13.7. The second-order valence-electron chi connectivity index (χ2n) is 6.51. The Bertz CT molecular complexity index is 1230. The van der Waals surface area contributed by atoms with Crippen LogP contribution in [0.15, 0.2) is 80.0 Å². The number of rotatable bonds is 6. The summed E-state index contributed by atoms with van der Waals surface area (Å²) < 4.78 is 32.4. The lowest BCUT2D eigenvalue weighted by Crippen LogP contribution is -2.36. The largest absolute Gasteiger partial charge is 0.450 e. The van der Waals surface area contributed by atoms with Crippen LogP contribution in [0, 0.1) is 11.6 Å². The molecule has 2 aromatic carbocycles. The SMILES string of the molecule is O=C(CN1C(=O)S/C(=C\c2ccc(Sc3ccccc3)o2)C1=O)Nc1ccc(F)cc1F. The number of hydrogen-bond acceptors (Lipinski definition) is 6. The molecule has 1 aromatic heterocycles. The molecule has 3 aromatic rings. The topological polar surface area (TPSA) is 79.6 Å². The summed E-state index contributed by atoms with van der Waals surface area (Å²) in [7, 11) is 0. The molecular formula is C22H14F2N2O4S2. The smallest absolute Gasteiger partial charge is 0.294 e. The fourth-order valence-corrected chi connectivity index (χ4v) is 4.38. The Hall–Kier alpha value is -3.37. The molecule has 32 heavy (non-hydrogen) atoms. The van der Waals surface area contributed by atoms with Crippen LogP contribution in [0.4, 0.5) is 19.3 Å². The Morgan fingerprint density at radius 1 is 1.09 bits per heavy atom. The van der Waals surface area contributed by atoms with Crippen molar-refractivity contribution in [3.05, 3.63) is 83.0 Å². The van der Waals surface area contributed by atoms with E-state index in [-0.39, 0.29) is 10.6 Å². The van der Waals surface area contributed by atoms with Crippen LogP contribution in [0.5, 0.6) is 0 Å². The molecule has 0 radical (unpaired) electrons. The highest BCUT2D eigenvalue weighted by molar-refractivity contribution is 8.18. The third kappa shape index (κ3) is 5.09. The number of nitrogens with zero attached hydrogens (tertiary/aromatic N) is 1. The van der Waals surface area contributed by atoms with E-state index >= 15 is 0 Å². The van der Waals surface area contributed by atoms with Crippen molar-refractivity contribution < 1.29 is 27.6 Å². The fraction of sp³-hybridized carbons (Fsp3) is 0.0455. The molecule has 2 heterocycles. The number of thioether (sulfide) groups is 1. The molecule has 1 fully saturated rings. The van der Waals surface area contributed by atoms with Crippen molar-refractivity contribution in [2.45, 2.75) is 9.99 Å². The molecule has 1 saturated heterocycles. The lowest BCUT2D eigenvalue weighted by molar-refractivity contribution is -0.127. The first-order chi connectivity index (χ1) is 15.4. The third-order valence-corrected chi connectivity index (χ3v) is 6.05. The average Bonchev–Trinajstić information content (AvgIpc) is 3.30. The van der Waals surface area contributed by atoms with E-state index in [1.54, 1.807) is 12.1 Å². The van der Waals surface area contributed by atoms with Gasteiger partial charge in [-0.2, -0.15) is 0 Å². The van der Waals surface area contributed by atoms with Crippen molar-refractivity contribution in [2.75, 3.05) is 11.9 Å². The highest BCUT2D eigenvalue weighted by atomic mass is 32.2. The Balaban J connectivity index is 1.41. The third-order valence-electron chi connectivity index (χ3n) is 4.22. The number of imide groups is 1. The first-order valence-electron chi connectivity index (χ1n) is 9.22. The van der Waals surface area contributed by atoms with Crippen LogP contribution in [0.25, 0.3) is 6.08 Å². The summed E-state index contributed by atoms with van der Waals surface area (Å²) in [6, 6.07) is 15.7. The molecule has 6 nitrogen and oxygen atoms in total. The number of carbonyl (C=O) groups excluding carboxylic acids is 3. The monoisotopic (exact) mass is 472 g/mol. The maximum Gasteiger partial charge on any atom is 0.294 e. The van der Waals surface area contributed by atoms with Gasteiger partial charge >= 0.3 is 0 Å². The molecular weight excluding hydrogens is 458 g/mol. The number of anilines is 1. The molecule has 1 aliphatic rings. The minimum absolute atomic E-state index is 0.0985. The van der Waals surface area contributed by atoms with Crippen LogP contribution in [0.3, 0.4) is 0 Å². The standard InChI is InChI=1S/C22H14F2N2O4S2/c23-13-6-8-17(16(24)10-13)25-19(27)12-26-21(28)18(32-22(26)29)11-14-7-9-20(30-14)31-15-4-2-1-3-5-15/h1-11H,12H2,(H,25,27)/b18-11-. The maximum atomic E-state index is 13.7. The highest BCUT2D eigenvalue weighted by Crippen LogP contribution is 2.34. The molecule has 3 amide bonds. The van der Waals surface area contributed by atoms with Crippen LogP contribution >= 0.6 is 23.5 Å². The molecule has 1 N–H and O–H groups in total. The van der Waals surface area contributed by atoms with Gasteiger partial charge in [-0.3, -0.25) is 19.3 Å². The summed E-state index contributed by atoms with van der Waals surface area (Å²) in [5.74, 6) is -2.83. The number of carbonyl (C=O) groups is 3. The van der Waals surface area contributed by atoms with Gasteiger partial charge in [-0.25, -0.2) is 8.78 Å². The zero-order valence-corrected chi connectivity index (χ0v) is 17.8. The summed E-state index contributed by atoms with van der Waals surface area (Å²) in [5.41, 5.74) is -0.252. The first-order valence-corrected chi connectivity index (χ1v) is 10.9. The van der Waals surface area contributed by atoms with E-state index in [9.17, 15) is 23.2 Å². The molecule has 0 saturated carbocycles. The van der Waals surface area contributed by atoms with Gasteiger partial charge in [-0.15, -0.1) is 0 Å². The minimum Gasteiger partial charge on any atom is -0.450 e. The van der Waals surface area contributed by atoms with Crippen LogP contribution < -0.4 is 5.32 Å². The number of furan rings is 1. The Labute approximate surface area is 189 Å². The normalized spacial score (nSPS) is 14.9. The van der Waals surface area contributed by atoms with Gasteiger partial charge in [0.1, 0.15) is 23.9 Å². The van der Waals surface area contributed by atoms with E-state index in [1.807, 2.05) is 30.3 Å². The number of nitrogens with one attached hydrogen (secondary N) is 1. The minimum atomic E-state index is -0.964. The molecule has 1 aliphatic heterocycles. The van der Waals surface area contributed by atoms with Gasteiger partial charge in [0.05, 0.1) is 10.6 Å². The van der Waals surface area contributed by atoms with Crippen molar-refractivity contribution in [3.63, 3.8) is 0 Å². The first kappa shape index (κ1) is 21.8. The molecule has 10 heteroatoms. The van der Waals surface area contributed by atoms with E-state index < -0.39 is 35.2 Å². The predicted octanol–water partition coefficient (Wildman–Crippen LogP) is 5.38. The van der Waals surface area contributed by atoms with Crippen LogP contribution in [-0.4, -0.2) is 28.5 Å². The van der Waals surface area contributed by atoms with Crippen LogP contribution in [0.2, 0.25) is 0 Å². The van der Waals surface area contributed by atoms with Crippen molar-refractivity contribution in [1.29, 1.82) is 0 Å². The van der Waals surface area contributed by atoms with E-state index in [0.29, 0.717) is 28.7 Å². The van der Waals surface area contributed by atoms with E-state index in [2.05, 4.69) is 5.32 Å². The van der Waals surface area contributed by atoms with Gasteiger partial charge in [-0.05, 0) is 48.2 Å². The summed E-state index contributed by atoms with van der Waals surface area (Å²) in [4.78, 5) is 38.8. The highest BCUT2D eigenvalue weighted by Gasteiger charge is 2.36. The summed E-state index contributed by atoms with van der Waals surface area (Å²) >= 11 is 2.08. The summed E-state index contributed by atoms with van der Waals surface area (Å²) in [5, 5.41) is 2.20. The number of halogens is 2. The Kier molecular flexibility index (Phi) is 6.42. The quantitative estimate of drug-likeness (QED) is 0.485. The van der Waals surface area contributed by atoms with Gasteiger partial charge in [-0.1, -0.05) is 30.0 Å². The summed E-state index contributed by atoms with van der Waals surface area (Å²) in [6.45, 7) is -0.605. The number of hydrogen-bond donors (Lipinski definition) is 1. The summed E-state index contributed by atoms with van der Waals surface area (Å²) in [6.07, 6.45) is 1.43. The zero-order valence-electron chi connectivity index (χ0n) is 16.2. The van der Waals surface area contributed by atoms with Gasteiger partial charge < -0.3 is 9.73 Å². The van der Waals surface area contributed by atoms with Gasteiger partial charge in [0, 0.05) is 17.0 Å². The van der Waals surface area contributed by atoms with E-state index in [1.165, 1.54) is 17.8 Å². The van der Waals surface area contributed by atoms with Gasteiger partial charge in [0.2, 0.25) is 5.91 Å². The Morgan fingerprint density at radius 2 is 1.88 bits per heavy atom. The van der Waals surface area contributed by atoms with Crippen LogP contribution in [-0.2, 0) is 9.59 Å². The van der Waals surface area contributed by atoms with Gasteiger partial charge in [0.25, 0.3) is 11.1 Å². The molecule has 4 rings (SSSR count). The lowest BCUT2D eigenvalue weighted by Gasteiger charge is -2.12. The lowest BCUT2D eigenvalue weighted by atomic mass is 10.3. The van der Waals surface area contributed by atoms with Crippen molar-refractivity contribution >= 4 is 52.3 Å². The predicted molar refractivity (Wildman–Crippen MR) is 117 cm³/mol. The van der Waals surface area contributed by atoms with E-state index in [4.69, 9.17) is 4.42 Å². The van der Waals surface area contributed by atoms with Crippen molar-refractivity contribution in [2.24, 2.45) is 0 Å². The van der Waals surface area contributed by atoms with Gasteiger partial charge in [0.15, 0.2) is 5.09 Å². The zero-order chi connectivity index (χ0) is 22.7. The fourth-order valence-electron chi connectivity index (χ4n) is 2.76. The molecule has 0 spiro atoms. The van der Waals surface area contributed by atoms with Crippen molar-refractivity contribution in [3.8, 4) is 0 Å². The second kappa shape index (κ2) is 9.41. The molecule has 0 unspecified atom stereocenters. The molecule has 0 bridgehead atoms. The Morgan fingerprint density at radius 3 is 2.62 bits per heavy atom. The number of benzene rings is 2. The molecule has 162 valence electrons. The van der Waals surface area contributed by atoms with E-state index in [0.717, 1.165) is 21.9 Å². The second-order valence-corrected chi connectivity index (χ2v) is 8.58. The number of amides is 3. The molecule has 0 aliphatic carbocycles.